The monoisotopic (exact) mass is 182 g/mol. The number of halogens is 1. The molecule has 1 rings (SSSR count). The minimum atomic E-state index is 0.0579. The van der Waals surface area contributed by atoms with Crippen molar-refractivity contribution in [3.63, 3.8) is 0 Å². The molecule has 0 aromatic carbocycles. The van der Waals surface area contributed by atoms with Gasteiger partial charge in [-0.3, -0.25) is 4.98 Å². The van der Waals surface area contributed by atoms with Gasteiger partial charge < -0.3 is 5.73 Å². The van der Waals surface area contributed by atoms with E-state index in [0.29, 0.717) is 5.02 Å². The van der Waals surface area contributed by atoms with Gasteiger partial charge in [0.2, 0.25) is 0 Å². The number of rotatable bonds is 2. The maximum absolute atomic E-state index is 5.66. The van der Waals surface area contributed by atoms with Crippen LogP contribution >= 0.6 is 11.6 Å². The SMILES string of the molecule is C[C@@H](N)C=Cc1ccc(Cl)cn1. The van der Waals surface area contributed by atoms with Crippen molar-refractivity contribution in [1.82, 2.24) is 4.98 Å². The van der Waals surface area contributed by atoms with Crippen LogP contribution in [-0.2, 0) is 0 Å². The molecule has 0 aliphatic carbocycles. The molecule has 2 N–H and O–H groups in total. The van der Waals surface area contributed by atoms with Gasteiger partial charge >= 0.3 is 0 Å². The van der Waals surface area contributed by atoms with Crippen LogP contribution in [0.1, 0.15) is 12.6 Å². The van der Waals surface area contributed by atoms with Crippen LogP contribution in [0, 0.1) is 0 Å². The van der Waals surface area contributed by atoms with Gasteiger partial charge in [-0.25, -0.2) is 0 Å². The lowest BCUT2D eigenvalue weighted by Crippen LogP contribution is -2.09. The van der Waals surface area contributed by atoms with Crippen LogP contribution in [0.2, 0.25) is 5.02 Å². The van der Waals surface area contributed by atoms with Crippen LogP contribution in [-0.4, -0.2) is 11.0 Å². The van der Waals surface area contributed by atoms with Gasteiger partial charge in [0.1, 0.15) is 0 Å². The number of hydrogen-bond acceptors (Lipinski definition) is 2. The molecule has 0 fully saturated rings. The van der Waals surface area contributed by atoms with Crippen molar-refractivity contribution in [2.75, 3.05) is 0 Å². The lowest BCUT2D eigenvalue weighted by Gasteiger charge is -1.95. The molecule has 0 saturated heterocycles. The fourth-order valence-corrected chi connectivity index (χ4v) is 0.848. The second-order valence-corrected chi connectivity index (χ2v) is 3.06. The molecule has 1 heterocycles. The quantitative estimate of drug-likeness (QED) is 0.761. The fourth-order valence-electron chi connectivity index (χ4n) is 0.736. The van der Waals surface area contributed by atoms with Crippen molar-refractivity contribution in [2.24, 2.45) is 5.73 Å². The molecule has 0 radical (unpaired) electrons. The molecule has 0 unspecified atom stereocenters. The molecule has 12 heavy (non-hydrogen) atoms. The molecule has 0 bridgehead atoms. The van der Waals surface area contributed by atoms with Crippen LogP contribution in [0.15, 0.2) is 24.4 Å². The normalized spacial score (nSPS) is 13.6. The van der Waals surface area contributed by atoms with Crippen molar-refractivity contribution in [3.8, 4) is 0 Å². The Labute approximate surface area is 77.1 Å². The van der Waals surface area contributed by atoms with E-state index >= 15 is 0 Å². The Hall–Kier alpha value is -0.860. The molecule has 0 aliphatic heterocycles. The summed E-state index contributed by atoms with van der Waals surface area (Å²) in [4.78, 5) is 4.08. The summed E-state index contributed by atoms with van der Waals surface area (Å²) in [6.07, 6.45) is 5.37. The summed E-state index contributed by atoms with van der Waals surface area (Å²) in [5, 5.41) is 0.646. The van der Waals surface area contributed by atoms with Crippen LogP contribution in [0.5, 0.6) is 0 Å². The van der Waals surface area contributed by atoms with E-state index in [1.54, 1.807) is 12.3 Å². The van der Waals surface area contributed by atoms with Crippen LogP contribution in [0.3, 0.4) is 0 Å². The molecule has 64 valence electrons. The topological polar surface area (TPSA) is 38.9 Å². The number of pyridine rings is 1. The zero-order valence-electron chi connectivity index (χ0n) is 6.87. The Balaban J connectivity index is 2.71. The van der Waals surface area contributed by atoms with E-state index in [-0.39, 0.29) is 6.04 Å². The van der Waals surface area contributed by atoms with Crippen molar-refractivity contribution >= 4 is 17.7 Å². The summed E-state index contributed by atoms with van der Waals surface area (Å²) in [5.41, 5.74) is 6.40. The van der Waals surface area contributed by atoms with Crippen molar-refractivity contribution in [3.05, 3.63) is 35.1 Å². The third-order valence-electron chi connectivity index (χ3n) is 1.32. The third-order valence-corrected chi connectivity index (χ3v) is 1.54. The molecular formula is C9H11ClN2. The Bertz CT molecular complexity index is 264. The maximum Gasteiger partial charge on any atom is 0.0628 e. The number of nitrogens with two attached hydrogens (primary N) is 1. The van der Waals surface area contributed by atoms with Crippen LogP contribution in [0.4, 0.5) is 0 Å². The summed E-state index contributed by atoms with van der Waals surface area (Å²) < 4.78 is 0. The number of hydrogen-bond donors (Lipinski definition) is 1. The third kappa shape index (κ3) is 3.03. The first kappa shape index (κ1) is 9.23. The predicted octanol–water partition coefficient (Wildman–Crippen LogP) is 2.10. The van der Waals surface area contributed by atoms with E-state index < -0.39 is 0 Å². The van der Waals surface area contributed by atoms with Crippen molar-refractivity contribution < 1.29 is 0 Å². The molecule has 1 aromatic heterocycles. The molecule has 1 aromatic rings. The Kier molecular flexibility index (Phi) is 3.26. The largest absolute Gasteiger partial charge is 0.325 e. The summed E-state index contributed by atoms with van der Waals surface area (Å²) >= 11 is 5.66. The molecule has 0 aliphatic rings. The average molecular weight is 183 g/mol. The van der Waals surface area contributed by atoms with Crippen LogP contribution < -0.4 is 5.73 Å². The van der Waals surface area contributed by atoms with Gasteiger partial charge in [0.15, 0.2) is 0 Å². The summed E-state index contributed by atoms with van der Waals surface area (Å²) in [5.74, 6) is 0. The van der Waals surface area contributed by atoms with Gasteiger partial charge in [0, 0.05) is 12.2 Å². The van der Waals surface area contributed by atoms with Gasteiger partial charge in [-0.1, -0.05) is 17.7 Å². The zero-order valence-corrected chi connectivity index (χ0v) is 7.62. The van der Waals surface area contributed by atoms with Crippen LogP contribution in [0.25, 0.3) is 6.08 Å². The van der Waals surface area contributed by atoms with Gasteiger partial charge in [-0.15, -0.1) is 0 Å². The van der Waals surface area contributed by atoms with Gasteiger partial charge in [-0.05, 0) is 25.1 Å². The van der Waals surface area contributed by atoms with E-state index in [0.717, 1.165) is 5.69 Å². The molecule has 1 atom stereocenters. The van der Waals surface area contributed by atoms with E-state index in [1.165, 1.54) is 0 Å². The highest BCUT2D eigenvalue weighted by Gasteiger charge is 1.89. The Morgan fingerprint density at radius 3 is 2.83 bits per heavy atom. The molecular weight excluding hydrogens is 172 g/mol. The highest BCUT2D eigenvalue weighted by Crippen LogP contribution is 2.07. The van der Waals surface area contributed by atoms with E-state index in [9.17, 15) is 0 Å². The predicted molar refractivity (Wildman–Crippen MR) is 51.9 cm³/mol. The molecule has 0 spiro atoms. The van der Waals surface area contributed by atoms with Crippen molar-refractivity contribution in [2.45, 2.75) is 13.0 Å². The lowest BCUT2D eigenvalue weighted by molar-refractivity contribution is 0.930. The molecule has 0 saturated carbocycles. The highest BCUT2D eigenvalue weighted by atomic mass is 35.5. The molecule has 0 amide bonds. The smallest absolute Gasteiger partial charge is 0.0628 e. The minimum absolute atomic E-state index is 0.0579. The molecule has 3 heteroatoms. The van der Waals surface area contributed by atoms with Gasteiger partial charge in [0.25, 0.3) is 0 Å². The summed E-state index contributed by atoms with van der Waals surface area (Å²) in [6.45, 7) is 1.91. The van der Waals surface area contributed by atoms with Gasteiger partial charge in [0.05, 0.1) is 10.7 Å². The first-order chi connectivity index (χ1) is 5.68. The fraction of sp³-hybridized carbons (Fsp3) is 0.222. The number of nitrogens with zero attached hydrogens (tertiary/aromatic N) is 1. The molecule has 2 nitrogen and oxygen atoms in total. The summed E-state index contributed by atoms with van der Waals surface area (Å²) in [7, 11) is 0. The van der Waals surface area contributed by atoms with E-state index in [1.807, 2.05) is 25.1 Å². The highest BCUT2D eigenvalue weighted by molar-refractivity contribution is 6.30. The van der Waals surface area contributed by atoms with Gasteiger partial charge in [-0.2, -0.15) is 0 Å². The summed E-state index contributed by atoms with van der Waals surface area (Å²) in [6, 6.07) is 3.71. The second kappa shape index (κ2) is 4.24. The minimum Gasteiger partial charge on any atom is -0.325 e. The Morgan fingerprint density at radius 2 is 2.33 bits per heavy atom. The van der Waals surface area contributed by atoms with E-state index in [2.05, 4.69) is 4.98 Å². The number of aromatic nitrogens is 1. The second-order valence-electron chi connectivity index (χ2n) is 2.62. The maximum atomic E-state index is 5.66. The standard InChI is InChI=1S/C9H11ClN2/c1-7(11)2-4-9-5-3-8(10)6-12-9/h2-7H,11H2,1H3/t7-/m1/s1. The average Bonchev–Trinajstić information content (AvgIpc) is 2.03. The zero-order chi connectivity index (χ0) is 8.97. The first-order valence-electron chi connectivity index (χ1n) is 3.74. The Morgan fingerprint density at radius 1 is 1.58 bits per heavy atom. The van der Waals surface area contributed by atoms with E-state index in [4.69, 9.17) is 17.3 Å². The lowest BCUT2D eigenvalue weighted by atomic mass is 10.2. The first-order valence-corrected chi connectivity index (χ1v) is 4.11. The van der Waals surface area contributed by atoms with Crippen molar-refractivity contribution in [1.29, 1.82) is 0 Å².